The van der Waals surface area contributed by atoms with Gasteiger partial charge in [-0.2, -0.15) is 0 Å². The van der Waals surface area contributed by atoms with Crippen molar-refractivity contribution in [3.8, 4) is 16.9 Å². The summed E-state index contributed by atoms with van der Waals surface area (Å²) in [6, 6.07) is 13.5. The molecule has 6 nitrogen and oxygen atoms in total. The van der Waals surface area contributed by atoms with Crippen LogP contribution in [-0.2, 0) is 9.59 Å². The van der Waals surface area contributed by atoms with Crippen LogP contribution in [0.3, 0.4) is 0 Å². The lowest BCUT2D eigenvalue weighted by Crippen LogP contribution is -2.38. The summed E-state index contributed by atoms with van der Waals surface area (Å²) in [6.45, 7) is 10.4. The molecule has 1 aromatic heterocycles. The minimum Gasteiger partial charge on any atom is -0.334 e. The van der Waals surface area contributed by atoms with Crippen LogP contribution in [-0.4, -0.2) is 39.4 Å². The molecule has 1 heterocycles. The van der Waals surface area contributed by atoms with E-state index in [1.807, 2.05) is 74.9 Å². The molecule has 0 atom stereocenters. The first kappa shape index (κ1) is 24.5. The van der Waals surface area contributed by atoms with Crippen molar-refractivity contribution in [2.24, 2.45) is 5.92 Å². The smallest absolute Gasteiger partial charge is 0.246 e. The third kappa shape index (κ3) is 6.23. The number of hydrogen-bond donors (Lipinski definition) is 1. The number of likely N-dealkylation sites (N-methyl/N-ethyl adjacent to an activating group) is 1. The molecule has 1 N–H and O–H groups in total. The predicted octanol–water partition coefficient (Wildman–Crippen LogP) is 5.64. The van der Waals surface area contributed by atoms with E-state index >= 15 is 0 Å². The number of aromatic nitrogens is 2. The summed E-state index contributed by atoms with van der Waals surface area (Å²) in [7, 11) is 0. The van der Waals surface area contributed by atoms with Crippen LogP contribution in [0.15, 0.2) is 48.7 Å². The van der Waals surface area contributed by atoms with Crippen molar-refractivity contribution in [2.45, 2.75) is 41.0 Å². The average Bonchev–Trinajstić information content (AvgIpc) is 3.17. The van der Waals surface area contributed by atoms with Gasteiger partial charge in [-0.15, -0.1) is 0 Å². The second kappa shape index (κ2) is 10.7. The number of aryl methyl sites for hydroxylation is 2. The maximum absolute atomic E-state index is 12.9. The topological polar surface area (TPSA) is 67.2 Å². The number of rotatable bonds is 8. The van der Waals surface area contributed by atoms with E-state index in [0.717, 1.165) is 16.8 Å². The van der Waals surface area contributed by atoms with Gasteiger partial charge >= 0.3 is 0 Å². The van der Waals surface area contributed by atoms with Crippen LogP contribution < -0.4 is 5.32 Å². The van der Waals surface area contributed by atoms with Crippen molar-refractivity contribution in [1.29, 1.82) is 0 Å². The van der Waals surface area contributed by atoms with E-state index in [1.54, 1.807) is 4.90 Å². The highest BCUT2D eigenvalue weighted by molar-refractivity contribution is 6.30. The molecule has 174 valence electrons. The molecule has 0 unspecified atom stereocenters. The standard InChI is InChI=1S/C26H31ClN4O2/c1-6-30(25(33)13-17(2)3)16-24(32)29-26-28-23(20-8-10-21(27)11-9-20)15-31(26)22-12-7-18(4)19(5)14-22/h7-12,14-15,17H,6,13,16H2,1-5H3,(H,28,29,32). The number of nitrogens with one attached hydrogen (secondary N) is 1. The van der Waals surface area contributed by atoms with Gasteiger partial charge in [0.25, 0.3) is 0 Å². The second-order valence-electron chi connectivity index (χ2n) is 8.65. The molecule has 7 heteroatoms. The van der Waals surface area contributed by atoms with Crippen molar-refractivity contribution in [3.63, 3.8) is 0 Å². The summed E-state index contributed by atoms with van der Waals surface area (Å²) >= 11 is 6.04. The Morgan fingerprint density at radius 3 is 2.39 bits per heavy atom. The maximum Gasteiger partial charge on any atom is 0.246 e. The number of anilines is 1. The Kier molecular flexibility index (Phi) is 7.92. The summed E-state index contributed by atoms with van der Waals surface area (Å²) in [6.07, 6.45) is 2.31. The van der Waals surface area contributed by atoms with Gasteiger partial charge in [0.1, 0.15) is 0 Å². The SMILES string of the molecule is CCN(CC(=O)Nc1nc(-c2ccc(Cl)cc2)cn1-c1ccc(C)c(C)c1)C(=O)CC(C)C. The first-order valence-electron chi connectivity index (χ1n) is 11.2. The fourth-order valence-electron chi connectivity index (χ4n) is 3.49. The highest BCUT2D eigenvalue weighted by atomic mass is 35.5. The molecule has 0 fully saturated rings. The van der Waals surface area contributed by atoms with Gasteiger partial charge in [0.05, 0.1) is 12.2 Å². The van der Waals surface area contributed by atoms with Gasteiger partial charge in [-0.25, -0.2) is 4.98 Å². The van der Waals surface area contributed by atoms with Crippen LogP contribution >= 0.6 is 11.6 Å². The Bertz CT molecular complexity index is 1140. The first-order valence-corrected chi connectivity index (χ1v) is 11.6. The van der Waals surface area contributed by atoms with E-state index in [2.05, 4.69) is 23.3 Å². The number of amides is 2. The molecule has 0 saturated carbocycles. The molecular formula is C26H31ClN4O2. The molecule has 0 spiro atoms. The Balaban J connectivity index is 1.91. The lowest BCUT2D eigenvalue weighted by atomic mass is 10.1. The molecular weight excluding hydrogens is 436 g/mol. The Morgan fingerprint density at radius 2 is 1.79 bits per heavy atom. The average molecular weight is 467 g/mol. The fraction of sp³-hybridized carbons (Fsp3) is 0.346. The second-order valence-corrected chi connectivity index (χ2v) is 9.09. The molecule has 2 amide bonds. The molecule has 0 aliphatic heterocycles. The summed E-state index contributed by atoms with van der Waals surface area (Å²) in [5, 5.41) is 3.56. The largest absolute Gasteiger partial charge is 0.334 e. The molecule has 0 saturated heterocycles. The molecule has 2 aromatic carbocycles. The van der Waals surface area contributed by atoms with E-state index in [-0.39, 0.29) is 24.3 Å². The van der Waals surface area contributed by atoms with Crippen molar-refractivity contribution >= 4 is 29.4 Å². The molecule has 0 aliphatic carbocycles. The Labute approximate surface area is 200 Å². The Morgan fingerprint density at radius 1 is 1.09 bits per heavy atom. The van der Waals surface area contributed by atoms with Gasteiger partial charge in [0, 0.05) is 35.4 Å². The monoisotopic (exact) mass is 466 g/mol. The van der Waals surface area contributed by atoms with Crippen molar-refractivity contribution < 1.29 is 9.59 Å². The van der Waals surface area contributed by atoms with Gasteiger partial charge in [-0.1, -0.05) is 43.6 Å². The van der Waals surface area contributed by atoms with Crippen LogP contribution in [0.5, 0.6) is 0 Å². The van der Waals surface area contributed by atoms with Gasteiger partial charge in [-0.05, 0) is 62.1 Å². The van der Waals surface area contributed by atoms with Crippen LogP contribution in [0.25, 0.3) is 16.9 Å². The lowest BCUT2D eigenvalue weighted by Gasteiger charge is -2.21. The van der Waals surface area contributed by atoms with Crippen LogP contribution in [0.4, 0.5) is 5.95 Å². The summed E-state index contributed by atoms with van der Waals surface area (Å²) in [4.78, 5) is 31.6. The zero-order chi connectivity index (χ0) is 24.1. The third-order valence-electron chi connectivity index (χ3n) is 5.52. The first-order chi connectivity index (χ1) is 15.7. The van der Waals surface area contributed by atoms with E-state index in [1.165, 1.54) is 5.56 Å². The zero-order valence-corrected chi connectivity index (χ0v) is 20.6. The van der Waals surface area contributed by atoms with Gasteiger partial charge in [-0.3, -0.25) is 19.5 Å². The van der Waals surface area contributed by atoms with Crippen molar-refractivity contribution in [3.05, 3.63) is 64.8 Å². The highest BCUT2D eigenvalue weighted by Crippen LogP contribution is 2.26. The molecule has 0 bridgehead atoms. The maximum atomic E-state index is 12.9. The summed E-state index contributed by atoms with van der Waals surface area (Å²) in [5.41, 5.74) is 4.82. The van der Waals surface area contributed by atoms with Crippen molar-refractivity contribution in [1.82, 2.24) is 14.5 Å². The third-order valence-corrected chi connectivity index (χ3v) is 5.77. The summed E-state index contributed by atoms with van der Waals surface area (Å²) in [5.74, 6) is 0.329. The van der Waals surface area contributed by atoms with Gasteiger partial charge in [0.15, 0.2) is 0 Å². The number of carbonyl (C=O) groups excluding carboxylic acids is 2. The minimum absolute atomic E-state index is 0.0158. The van der Waals surface area contributed by atoms with Crippen LogP contribution in [0, 0.1) is 19.8 Å². The van der Waals surface area contributed by atoms with Crippen LogP contribution in [0.1, 0.15) is 38.3 Å². The molecule has 0 radical (unpaired) electrons. The van der Waals surface area contributed by atoms with Crippen LogP contribution in [0.2, 0.25) is 5.02 Å². The van der Waals surface area contributed by atoms with E-state index < -0.39 is 0 Å². The lowest BCUT2D eigenvalue weighted by molar-refractivity contribution is -0.135. The van der Waals surface area contributed by atoms with E-state index in [0.29, 0.717) is 29.6 Å². The fourth-order valence-corrected chi connectivity index (χ4v) is 3.62. The molecule has 0 aliphatic rings. The van der Waals surface area contributed by atoms with E-state index in [9.17, 15) is 9.59 Å². The minimum atomic E-state index is -0.285. The number of imidazole rings is 1. The van der Waals surface area contributed by atoms with Gasteiger partial charge in [0.2, 0.25) is 17.8 Å². The van der Waals surface area contributed by atoms with E-state index in [4.69, 9.17) is 11.6 Å². The highest BCUT2D eigenvalue weighted by Gasteiger charge is 2.19. The Hall–Kier alpha value is -3.12. The summed E-state index contributed by atoms with van der Waals surface area (Å²) < 4.78 is 1.86. The molecule has 3 rings (SSSR count). The zero-order valence-electron chi connectivity index (χ0n) is 19.9. The van der Waals surface area contributed by atoms with Gasteiger partial charge < -0.3 is 4.90 Å². The number of halogens is 1. The molecule has 3 aromatic rings. The normalized spacial score (nSPS) is 11.0. The quantitative estimate of drug-likeness (QED) is 0.467. The number of hydrogen-bond acceptors (Lipinski definition) is 3. The number of carbonyl (C=O) groups is 2. The number of benzene rings is 2. The molecule has 33 heavy (non-hydrogen) atoms. The predicted molar refractivity (Wildman–Crippen MR) is 134 cm³/mol. The van der Waals surface area contributed by atoms with Crippen molar-refractivity contribution in [2.75, 3.05) is 18.4 Å². The number of nitrogens with zero attached hydrogens (tertiary/aromatic N) is 3.